The third kappa shape index (κ3) is 4.66. The normalized spacial score (nSPS) is 18.2. The second-order valence-corrected chi connectivity index (χ2v) is 8.78. The van der Waals surface area contributed by atoms with Gasteiger partial charge in [-0.3, -0.25) is 4.79 Å². The van der Waals surface area contributed by atoms with Crippen LogP contribution in [0.15, 0.2) is 48.5 Å². The van der Waals surface area contributed by atoms with E-state index in [9.17, 15) is 17.6 Å². The first kappa shape index (κ1) is 19.4. The molecule has 2 aromatic rings. The van der Waals surface area contributed by atoms with Gasteiger partial charge in [0, 0.05) is 12.6 Å². The largest absolute Gasteiger partial charge is 0.493 e. The number of para-hydroxylation sites is 1. The fourth-order valence-electron chi connectivity index (χ4n) is 3.30. The summed E-state index contributed by atoms with van der Waals surface area (Å²) in [5.41, 5.74) is 0.988. The smallest absolute Gasteiger partial charge is 0.258 e. The van der Waals surface area contributed by atoms with Crippen LogP contribution in [0.1, 0.15) is 29.3 Å². The molecule has 0 N–H and O–H groups in total. The van der Waals surface area contributed by atoms with E-state index in [1.54, 1.807) is 36.4 Å². The van der Waals surface area contributed by atoms with Crippen molar-refractivity contribution in [1.82, 2.24) is 4.90 Å². The van der Waals surface area contributed by atoms with Crippen molar-refractivity contribution < 1.29 is 22.3 Å². The molecule has 1 amide bonds. The molecule has 2 aromatic carbocycles. The molecule has 27 heavy (non-hydrogen) atoms. The minimum Gasteiger partial charge on any atom is -0.493 e. The number of ether oxygens (including phenoxy) is 1. The van der Waals surface area contributed by atoms with E-state index in [-0.39, 0.29) is 24.0 Å². The molecule has 1 unspecified atom stereocenters. The molecule has 0 bridgehead atoms. The van der Waals surface area contributed by atoms with Crippen LogP contribution in [-0.2, 0) is 16.4 Å². The van der Waals surface area contributed by atoms with Gasteiger partial charge in [-0.15, -0.1) is 0 Å². The van der Waals surface area contributed by atoms with Gasteiger partial charge in [0.15, 0.2) is 9.84 Å². The Hall–Kier alpha value is -2.41. The Bertz CT molecular complexity index is 929. The van der Waals surface area contributed by atoms with Crippen molar-refractivity contribution >= 4 is 15.7 Å². The molecule has 0 spiro atoms. The first-order valence-corrected chi connectivity index (χ1v) is 10.7. The molecule has 0 aliphatic carbocycles. The summed E-state index contributed by atoms with van der Waals surface area (Å²) in [6.45, 7) is 2.37. The number of rotatable bonds is 6. The molecule has 0 radical (unpaired) electrons. The lowest BCUT2D eigenvalue weighted by molar-refractivity contribution is 0.0676. The Kier molecular flexibility index (Phi) is 5.79. The predicted octanol–water partition coefficient (Wildman–Crippen LogP) is 3.05. The number of nitrogens with zero attached hydrogens (tertiary/aromatic N) is 1. The Labute approximate surface area is 158 Å². The highest BCUT2D eigenvalue weighted by atomic mass is 32.2. The molecule has 1 aliphatic rings. The molecule has 3 rings (SSSR count). The lowest BCUT2D eigenvalue weighted by Crippen LogP contribution is -2.40. The molecule has 1 heterocycles. The molecule has 144 valence electrons. The number of amides is 1. The molecule has 5 nitrogen and oxygen atoms in total. The summed E-state index contributed by atoms with van der Waals surface area (Å²) in [7, 11) is -3.18. The van der Waals surface area contributed by atoms with Crippen molar-refractivity contribution in [2.45, 2.75) is 25.9 Å². The number of hydrogen-bond donors (Lipinski definition) is 0. The first-order chi connectivity index (χ1) is 12.9. The summed E-state index contributed by atoms with van der Waals surface area (Å²) < 4.78 is 43.1. The summed E-state index contributed by atoms with van der Waals surface area (Å²) >= 11 is 0. The Morgan fingerprint density at radius 3 is 2.67 bits per heavy atom. The molecule has 0 saturated carbocycles. The molecule has 1 aliphatic heterocycles. The van der Waals surface area contributed by atoms with Crippen molar-refractivity contribution in [3.8, 4) is 5.75 Å². The standard InChI is InChI=1S/C20H22FNO4S/c1-2-26-19-9-4-3-8-18(19)20(23)22(17-10-11-27(24,25)14-17)13-15-6-5-7-16(21)12-15/h3-9,12,17H,2,10-11,13-14H2,1H3. The van der Waals surface area contributed by atoms with E-state index in [1.807, 2.05) is 6.92 Å². The van der Waals surface area contributed by atoms with Gasteiger partial charge in [0.2, 0.25) is 0 Å². The van der Waals surface area contributed by atoms with Crippen LogP contribution in [0, 0.1) is 5.82 Å². The monoisotopic (exact) mass is 391 g/mol. The summed E-state index contributed by atoms with van der Waals surface area (Å²) in [6, 6.07) is 12.4. The Morgan fingerprint density at radius 2 is 2.00 bits per heavy atom. The summed E-state index contributed by atoms with van der Waals surface area (Å²) in [6.07, 6.45) is 0.375. The Balaban J connectivity index is 1.95. The summed E-state index contributed by atoms with van der Waals surface area (Å²) in [5, 5.41) is 0. The topological polar surface area (TPSA) is 63.7 Å². The van der Waals surface area contributed by atoms with Gasteiger partial charge >= 0.3 is 0 Å². The van der Waals surface area contributed by atoms with Crippen molar-refractivity contribution in [3.63, 3.8) is 0 Å². The number of benzene rings is 2. The molecular weight excluding hydrogens is 369 g/mol. The second kappa shape index (κ2) is 8.08. The van der Waals surface area contributed by atoms with Crippen LogP contribution in [0.5, 0.6) is 5.75 Å². The van der Waals surface area contributed by atoms with Crippen LogP contribution < -0.4 is 4.74 Å². The highest BCUT2D eigenvalue weighted by Gasteiger charge is 2.35. The van der Waals surface area contributed by atoms with Gasteiger partial charge in [0.1, 0.15) is 11.6 Å². The van der Waals surface area contributed by atoms with E-state index in [4.69, 9.17) is 4.74 Å². The summed E-state index contributed by atoms with van der Waals surface area (Å²) in [4.78, 5) is 14.8. The number of carbonyl (C=O) groups is 1. The zero-order valence-corrected chi connectivity index (χ0v) is 15.9. The maximum Gasteiger partial charge on any atom is 0.258 e. The lowest BCUT2D eigenvalue weighted by Gasteiger charge is -2.29. The first-order valence-electron chi connectivity index (χ1n) is 8.87. The van der Waals surface area contributed by atoms with Crippen molar-refractivity contribution in [2.24, 2.45) is 0 Å². The highest BCUT2D eigenvalue weighted by Crippen LogP contribution is 2.26. The minimum absolute atomic E-state index is 0.0533. The quantitative estimate of drug-likeness (QED) is 0.759. The third-order valence-corrected chi connectivity index (χ3v) is 6.32. The third-order valence-electron chi connectivity index (χ3n) is 4.57. The van der Waals surface area contributed by atoms with Gasteiger partial charge in [0.25, 0.3) is 5.91 Å². The number of carbonyl (C=O) groups excluding carboxylic acids is 1. The maximum absolute atomic E-state index is 13.6. The number of hydrogen-bond acceptors (Lipinski definition) is 4. The molecular formula is C20H22FNO4S. The highest BCUT2D eigenvalue weighted by molar-refractivity contribution is 7.91. The predicted molar refractivity (Wildman–Crippen MR) is 101 cm³/mol. The fraction of sp³-hybridized carbons (Fsp3) is 0.350. The zero-order valence-electron chi connectivity index (χ0n) is 15.1. The maximum atomic E-state index is 13.6. The molecule has 0 aromatic heterocycles. The van der Waals surface area contributed by atoms with Gasteiger partial charge < -0.3 is 9.64 Å². The summed E-state index contributed by atoms with van der Waals surface area (Å²) in [5.74, 6) is -0.281. The fourth-order valence-corrected chi connectivity index (χ4v) is 5.03. The van der Waals surface area contributed by atoms with Crippen molar-refractivity contribution in [1.29, 1.82) is 0 Å². The van der Waals surface area contributed by atoms with E-state index in [0.717, 1.165) is 0 Å². The van der Waals surface area contributed by atoms with Crippen LogP contribution in [-0.4, -0.2) is 43.4 Å². The van der Waals surface area contributed by atoms with Crippen molar-refractivity contribution in [3.05, 3.63) is 65.5 Å². The van der Waals surface area contributed by atoms with Gasteiger partial charge in [-0.1, -0.05) is 24.3 Å². The van der Waals surface area contributed by atoms with E-state index in [2.05, 4.69) is 0 Å². The van der Waals surface area contributed by atoms with E-state index in [0.29, 0.717) is 29.9 Å². The number of halogens is 1. The zero-order chi connectivity index (χ0) is 19.4. The van der Waals surface area contributed by atoms with Crippen LogP contribution in [0.25, 0.3) is 0 Å². The van der Waals surface area contributed by atoms with Crippen molar-refractivity contribution in [2.75, 3.05) is 18.1 Å². The average molecular weight is 391 g/mol. The van der Waals surface area contributed by atoms with E-state index in [1.165, 1.54) is 17.0 Å². The van der Waals surface area contributed by atoms with Crippen LogP contribution in [0.3, 0.4) is 0 Å². The van der Waals surface area contributed by atoms with Gasteiger partial charge in [-0.25, -0.2) is 12.8 Å². The van der Waals surface area contributed by atoms with Gasteiger partial charge in [-0.05, 0) is 43.2 Å². The molecule has 1 fully saturated rings. The molecule has 7 heteroatoms. The minimum atomic E-state index is -3.18. The van der Waals surface area contributed by atoms with Crippen LogP contribution >= 0.6 is 0 Å². The average Bonchev–Trinajstić information content (AvgIpc) is 2.99. The van der Waals surface area contributed by atoms with Crippen LogP contribution in [0.2, 0.25) is 0 Å². The molecule has 1 saturated heterocycles. The molecule has 1 atom stereocenters. The number of sulfone groups is 1. The lowest BCUT2D eigenvalue weighted by atomic mass is 10.1. The van der Waals surface area contributed by atoms with Gasteiger partial charge in [-0.2, -0.15) is 0 Å². The Morgan fingerprint density at radius 1 is 1.22 bits per heavy atom. The second-order valence-electron chi connectivity index (χ2n) is 6.55. The van der Waals surface area contributed by atoms with Crippen LogP contribution in [0.4, 0.5) is 4.39 Å². The van der Waals surface area contributed by atoms with E-state index < -0.39 is 21.7 Å². The SMILES string of the molecule is CCOc1ccccc1C(=O)N(Cc1cccc(F)c1)C1CCS(=O)(=O)C1. The van der Waals surface area contributed by atoms with Gasteiger partial charge in [0.05, 0.1) is 23.7 Å². The van der Waals surface area contributed by atoms with E-state index >= 15 is 0 Å².